The number of nitriles is 1. The van der Waals surface area contributed by atoms with E-state index in [1.165, 1.54) is 0 Å². The predicted octanol–water partition coefficient (Wildman–Crippen LogP) is 2.44. The van der Waals surface area contributed by atoms with Crippen molar-refractivity contribution >= 4 is 5.97 Å². The van der Waals surface area contributed by atoms with Gasteiger partial charge in [0.2, 0.25) is 0 Å². The summed E-state index contributed by atoms with van der Waals surface area (Å²) < 4.78 is 10.4. The van der Waals surface area contributed by atoms with Crippen molar-refractivity contribution < 1.29 is 14.3 Å². The Bertz CT molecular complexity index is 397. The van der Waals surface area contributed by atoms with Gasteiger partial charge in [0.25, 0.3) is 0 Å². The van der Waals surface area contributed by atoms with Crippen molar-refractivity contribution in [3.05, 3.63) is 35.9 Å². The number of esters is 1. The van der Waals surface area contributed by atoms with Crippen molar-refractivity contribution in [2.75, 3.05) is 6.61 Å². The molecule has 1 aromatic rings. The van der Waals surface area contributed by atoms with Gasteiger partial charge >= 0.3 is 5.97 Å². The van der Waals surface area contributed by atoms with Crippen LogP contribution >= 0.6 is 0 Å². The van der Waals surface area contributed by atoms with Gasteiger partial charge in [-0.05, 0) is 12.5 Å². The highest BCUT2D eigenvalue weighted by Crippen LogP contribution is 2.09. The number of carbonyl (C=O) groups is 1. The second-order valence-corrected chi connectivity index (χ2v) is 3.79. The second kappa shape index (κ2) is 8.26. The first-order valence-electron chi connectivity index (χ1n) is 5.94. The van der Waals surface area contributed by atoms with E-state index in [-0.39, 0.29) is 18.8 Å². The van der Waals surface area contributed by atoms with Crippen LogP contribution in [0.25, 0.3) is 0 Å². The Kier molecular flexibility index (Phi) is 6.52. The fourth-order valence-electron chi connectivity index (χ4n) is 1.49. The Labute approximate surface area is 107 Å². The summed E-state index contributed by atoms with van der Waals surface area (Å²) in [5.74, 6) is -0.328. The van der Waals surface area contributed by atoms with E-state index in [1.54, 1.807) is 6.92 Å². The third-order valence-electron chi connectivity index (χ3n) is 2.35. The second-order valence-electron chi connectivity index (χ2n) is 3.79. The third-order valence-corrected chi connectivity index (χ3v) is 2.35. The topological polar surface area (TPSA) is 59.3 Å². The summed E-state index contributed by atoms with van der Waals surface area (Å²) in [4.78, 5) is 11.3. The maximum absolute atomic E-state index is 11.3. The van der Waals surface area contributed by atoms with Gasteiger partial charge in [0.05, 0.1) is 38.2 Å². The molecule has 1 atom stereocenters. The number of hydrogen-bond acceptors (Lipinski definition) is 4. The Morgan fingerprint density at radius 3 is 2.72 bits per heavy atom. The molecule has 0 aromatic heterocycles. The quantitative estimate of drug-likeness (QED) is 0.694. The highest BCUT2D eigenvalue weighted by molar-refractivity contribution is 5.69. The van der Waals surface area contributed by atoms with Gasteiger partial charge in [0.1, 0.15) is 0 Å². The van der Waals surface area contributed by atoms with Gasteiger partial charge in [0.15, 0.2) is 0 Å². The van der Waals surface area contributed by atoms with Gasteiger partial charge in [0, 0.05) is 0 Å². The van der Waals surface area contributed by atoms with Crippen molar-refractivity contribution in [3.8, 4) is 6.07 Å². The molecule has 0 amide bonds. The molecule has 0 saturated carbocycles. The molecule has 0 saturated heterocycles. The molecular formula is C14H17NO3. The van der Waals surface area contributed by atoms with Gasteiger partial charge in [-0.25, -0.2) is 0 Å². The van der Waals surface area contributed by atoms with E-state index in [2.05, 4.69) is 0 Å². The molecule has 18 heavy (non-hydrogen) atoms. The smallest absolute Gasteiger partial charge is 0.308 e. The lowest BCUT2D eigenvalue weighted by Crippen LogP contribution is -2.19. The van der Waals surface area contributed by atoms with E-state index in [0.29, 0.717) is 13.2 Å². The molecule has 0 bridgehead atoms. The van der Waals surface area contributed by atoms with Crippen LogP contribution in [-0.4, -0.2) is 18.7 Å². The van der Waals surface area contributed by atoms with E-state index in [1.807, 2.05) is 36.4 Å². The van der Waals surface area contributed by atoms with E-state index in [4.69, 9.17) is 14.7 Å². The summed E-state index contributed by atoms with van der Waals surface area (Å²) in [7, 11) is 0. The first-order valence-corrected chi connectivity index (χ1v) is 5.94. The molecular weight excluding hydrogens is 230 g/mol. The molecule has 0 aliphatic heterocycles. The van der Waals surface area contributed by atoms with Crippen LogP contribution in [-0.2, 0) is 20.9 Å². The van der Waals surface area contributed by atoms with E-state index < -0.39 is 6.10 Å². The summed E-state index contributed by atoms with van der Waals surface area (Å²) in [5.41, 5.74) is 1.02. The highest BCUT2D eigenvalue weighted by atomic mass is 16.5. The molecule has 1 unspecified atom stereocenters. The molecule has 0 radical (unpaired) electrons. The van der Waals surface area contributed by atoms with Crippen molar-refractivity contribution in [2.45, 2.75) is 32.5 Å². The van der Waals surface area contributed by atoms with Crippen LogP contribution in [0.5, 0.6) is 0 Å². The lowest BCUT2D eigenvalue weighted by molar-refractivity contribution is -0.146. The van der Waals surface area contributed by atoms with Crippen molar-refractivity contribution in [3.63, 3.8) is 0 Å². The third kappa shape index (κ3) is 5.46. The number of carbonyl (C=O) groups excluding carboxylic acids is 1. The molecule has 1 aromatic carbocycles. The van der Waals surface area contributed by atoms with Gasteiger partial charge in [-0.3, -0.25) is 4.79 Å². The van der Waals surface area contributed by atoms with Gasteiger partial charge < -0.3 is 9.47 Å². The molecule has 0 aliphatic rings. The van der Waals surface area contributed by atoms with E-state index in [9.17, 15) is 4.79 Å². The lowest BCUT2D eigenvalue weighted by Gasteiger charge is -2.14. The minimum atomic E-state index is -0.408. The zero-order chi connectivity index (χ0) is 13.2. The van der Waals surface area contributed by atoms with Crippen LogP contribution < -0.4 is 0 Å². The van der Waals surface area contributed by atoms with E-state index >= 15 is 0 Å². The molecule has 96 valence electrons. The Hall–Kier alpha value is -1.86. The van der Waals surface area contributed by atoms with Crippen LogP contribution in [0, 0.1) is 11.3 Å². The monoisotopic (exact) mass is 247 g/mol. The molecule has 0 fully saturated rings. The normalized spacial score (nSPS) is 11.6. The summed E-state index contributed by atoms with van der Waals surface area (Å²) in [6.45, 7) is 2.49. The number of ether oxygens (including phenoxy) is 2. The summed E-state index contributed by atoms with van der Waals surface area (Å²) in [6.07, 6.45) is -0.103. The summed E-state index contributed by atoms with van der Waals surface area (Å²) in [5, 5.41) is 8.69. The molecule has 0 heterocycles. The van der Waals surface area contributed by atoms with Gasteiger partial charge in [-0.15, -0.1) is 0 Å². The summed E-state index contributed by atoms with van der Waals surface area (Å²) in [6, 6.07) is 11.7. The predicted molar refractivity (Wildman–Crippen MR) is 66.5 cm³/mol. The number of hydrogen-bond donors (Lipinski definition) is 0. The molecule has 0 N–H and O–H groups in total. The Balaban J connectivity index is 2.43. The largest absolute Gasteiger partial charge is 0.466 e. The maximum Gasteiger partial charge on any atom is 0.308 e. The molecule has 4 nitrogen and oxygen atoms in total. The van der Waals surface area contributed by atoms with Crippen molar-refractivity contribution in [1.29, 1.82) is 5.26 Å². The van der Waals surface area contributed by atoms with Crippen molar-refractivity contribution in [2.24, 2.45) is 0 Å². The number of rotatable bonds is 7. The number of benzene rings is 1. The zero-order valence-electron chi connectivity index (χ0n) is 10.5. The van der Waals surface area contributed by atoms with Crippen LogP contribution in [0.1, 0.15) is 25.3 Å². The Morgan fingerprint density at radius 2 is 2.11 bits per heavy atom. The fraction of sp³-hybridized carbons (Fsp3) is 0.429. The molecule has 0 spiro atoms. The van der Waals surface area contributed by atoms with Crippen LogP contribution in [0.3, 0.4) is 0 Å². The highest BCUT2D eigenvalue weighted by Gasteiger charge is 2.15. The first kappa shape index (κ1) is 14.2. The maximum atomic E-state index is 11.3. The van der Waals surface area contributed by atoms with Gasteiger partial charge in [-0.1, -0.05) is 30.3 Å². The minimum Gasteiger partial charge on any atom is -0.466 e. The van der Waals surface area contributed by atoms with E-state index in [0.717, 1.165) is 5.56 Å². The molecule has 4 heteroatoms. The minimum absolute atomic E-state index is 0.119. The molecule has 0 aliphatic carbocycles. The lowest BCUT2D eigenvalue weighted by atomic mass is 10.2. The zero-order valence-corrected chi connectivity index (χ0v) is 10.5. The van der Waals surface area contributed by atoms with Crippen LogP contribution in [0.2, 0.25) is 0 Å². The number of nitrogens with zero attached hydrogens (tertiary/aromatic N) is 1. The van der Waals surface area contributed by atoms with Crippen LogP contribution in [0.15, 0.2) is 30.3 Å². The average molecular weight is 247 g/mol. The first-order chi connectivity index (χ1) is 8.76. The SMILES string of the molecule is CCOC(=O)CC(CC#N)OCc1ccccc1. The standard InChI is InChI=1S/C14H17NO3/c1-2-17-14(16)10-13(8-9-15)18-11-12-6-4-3-5-7-12/h3-7,13H,2,8,10-11H2,1H3. The summed E-state index contributed by atoms with van der Waals surface area (Å²) >= 11 is 0. The fourth-order valence-corrected chi connectivity index (χ4v) is 1.49. The average Bonchev–Trinajstić information content (AvgIpc) is 2.38. The molecule has 1 rings (SSSR count). The van der Waals surface area contributed by atoms with Gasteiger partial charge in [-0.2, -0.15) is 5.26 Å². The Morgan fingerprint density at radius 1 is 1.39 bits per heavy atom. The van der Waals surface area contributed by atoms with Crippen LogP contribution in [0.4, 0.5) is 0 Å². The van der Waals surface area contributed by atoms with Crippen molar-refractivity contribution in [1.82, 2.24) is 0 Å².